The van der Waals surface area contributed by atoms with Gasteiger partial charge in [-0.1, -0.05) is 30.3 Å². The van der Waals surface area contributed by atoms with Gasteiger partial charge in [-0.25, -0.2) is 9.82 Å². The maximum Gasteiger partial charge on any atom is 0.124 e. The van der Waals surface area contributed by atoms with E-state index < -0.39 is 0 Å². The van der Waals surface area contributed by atoms with Crippen LogP contribution >= 0.6 is 0 Å². The maximum absolute atomic E-state index is 13.3. The van der Waals surface area contributed by atoms with Gasteiger partial charge in [0.2, 0.25) is 0 Å². The molecule has 3 N–H and O–H groups in total. The van der Waals surface area contributed by atoms with Gasteiger partial charge in [-0.2, -0.15) is 0 Å². The molecule has 0 aliphatic heterocycles. The number of hydrogen-bond donors (Lipinski definition) is 2. The van der Waals surface area contributed by atoms with Crippen LogP contribution < -0.4 is 16.0 Å². The lowest BCUT2D eigenvalue weighted by Gasteiger charge is -2.19. The van der Waals surface area contributed by atoms with Gasteiger partial charge in [0, 0.05) is 5.56 Å². The van der Waals surface area contributed by atoms with Gasteiger partial charge >= 0.3 is 0 Å². The first-order valence-electron chi connectivity index (χ1n) is 5.60. The number of hydrazine groups is 1. The molecule has 0 amide bonds. The van der Waals surface area contributed by atoms with Crippen molar-refractivity contribution in [3.8, 4) is 5.75 Å². The molecule has 1 atom stereocenters. The predicted molar refractivity (Wildman–Crippen MR) is 68.6 cm³/mol. The van der Waals surface area contributed by atoms with E-state index in [0.717, 1.165) is 11.1 Å². The molecule has 0 aliphatic carbocycles. The molecule has 0 heterocycles. The number of rotatable bonds is 4. The molecule has 2 rings (SSSR count). The average Bonchev–Trinajstić information content (AvgIpc) is 2.40. The summed E-state index contributed by atoms with van der Waals surface area (Å²) in [5, 5.41) is 0. The minimum atomic E-state index is -0.308. The van der Waals surface area contributed by atoms with Gasteiger partial charge < -0.3 is 4.74 Å². The van der Waals surface area contributed by atoms with Gasteiger partial charge in [0.1, 0.15) is 11.6 Å². The number of halogens is 1. The van der Waals surface area contributed by atoms with Gasteiger partial charge in [-0.15, -0.1) is 0 Å². The topological polar surface area (TPSA) is 47.3 Å². The highest BCUT2D eigenvalue weighted by molar-refractivity contribution is 5.41. The van der Waals surface area contributed by atoms with Crippen LogP contribution in [0.2, 0.25) is 0 Å². The fraction of sp³-hybridized carbons (Fsp3) is 0.143. The quantitative estimate of drug-likeness (QED) is 0.643. The summed E-state index contributed by atoms with van der Waals surface area (Å²) < 4.78 is 18.6. The van der Waals surface area contributed by atoms with Crippen molar-refractivity contribution < 1.29 is 9.13 Å². The average molecular weight is 246 g/mol. The van der Waals surface area contributed by atoms with E-state index in [9.17, 15) is 4.39 Å². The first-order valence-corrected chi connectivity index (χ1v) is 5.60. The Morgan fingerprint density at radius 2 is 1.94 bits per heavy atom. The molecule has 0 spiro atoms. The third-order valence-corrected chi connectivity index (χ3v) is 2.80. The van der Waals surface area contributed by atoms with Gasteiger partial charge in [0.05, 0.1) is 13.2 Å². The number of benzene rings is 2. The Balaban J connectivity index is 2.45. The van der Waals surface area contributed by atoms with Crippen molar-refractivity contribution in [3.63, 3.8) is 0 Å². The minimum absolute atomic E-state index is 0.289. The molecule has 0 radical (unpaired) electrons. The summed E-state index contributed by atoms with van der Waals surface area (Å²) in [6, 6.07) is 13.5. The standard InChI is InChI=1S/C14H15FN2O/c1-18-13-8-3-2-7-12(13)14(17-16)10-5-4-6-11(15)9-10/h2-9,14,17H,16H2,1H3. The van der Waals surface area contributed by atoms with Crippen LogP contribution in [0.5, 0.6) is 5.75 Å². The summed E-state index contributed by atoms with van der Waals surface area (Å²) in [6.07, 6.45) is 0. The van der Waals surface area contributed by atoms with Crippen molar-refractivity contribution in [1.29, 1.82) is 0 Å². The number of nitrogens with one attached hydrogen (secondary N) is 1. The van der Waals surface area contributed by atoms with Crippen molar-refractivity contribution >= 4 is 0 Å². The minimum Gasteiger partial charge on any atom is -0.496 e. The lowest BCUT2D eigenvalue weighted by atomic mass is 9.98. The van der Waals surface area contributed by atoms with Crippen molar-refractivity contribution in [2.45, 2.75) is 6.04 Å². The highest BCUT2D eigenvalue weighted by atomic mass is 19.1. The van der Waals surface area contributed by atoms with Crippen LogP contribution in [0.15, 0.2) is 48.5 Å². The van der Waals surface area contributed by atoms with E-state index >= 15 is 0 Å². The van der Waals surface area contributed by atoms with Crippen LogP contribution in [0, 0.1) is 5.82 Å². The molecule has 0 bridgehead atoms. The zero-order chi connectivity index (χ0) is 13.0. The number of ether oxygens (including phenoxy) is 1. The molecule has 94 valence electrons. The highest BCUT2D eigenvalue weighted by Gasteiger charge is 2.16. The highest BCUT2D eigenvalue weighted by Crippen LogP contribution is 2.29. The summed E-state index contributed by atoms with van der Waals surface area (Å²) in [5.41, 5.74) is 4.31. The number of nitrogens with two attached hydrogens (primary N) is 1. The second-order valence-corrected chi connectivity index (χ2v) is 3.90. The molecule has 0 aromatic heterocycles. The largest absolute Gasteiger partial charge is 0.496 e. The van der Waals surface area contributed by atoms with Crippen LogP contribution in [0.1, 0.15) is 17.2 Å². The molecule has 3 nitrogen and oxygen atoms in total. The Labute approximate surface area is 105 Å². The molecule has 0 saturated carbocycles. The van der Waals surface area contributed by atoms with E-state index in [1.165, 1.54) is 12.1 Å². The molecular weight excluding hydrogens is 231 g/mol. The van der Waals surface area contributed by atoms with Crippen LogP contribution in [0.4, 0.5) is 4.39 Å². The molecule has 2 aromatic rings. The first kappa shape index (κ1) is 12.5. The monoisotopic (exact) mass is 246 g/mol. The van der Waals surface area contributed by atoms with Crippen molar-refractivity contribution in [3.05, 3.63) is 65.5 Å². The van der Waals surface area contributed by atoms with Crippen molar-refractivity contribution in [1.82, 2.24) is 5.43 Å². The second-order valence-electron chi connectivity index (χ2n) is 3.90. The van der Waals surface area contributed by atoms with E-state index in [-0.39, 0.29) is 11.9 Å². The van der Waals surface area contributed by atoms with Gasteiger partial charge in [-0.3, -0.25) is 5.84 Å². The van der Waals surface area contributed by atoms with E-state index in [0.29, 0.717) is 5.75 Å². The Hall–Kier alpha value is -1.91. The third-order valence-electron chi connectivity index (χ3n) is 2.80. The lowest BCUT2D eigenvalue weighted by Crippen LogP contribution is -2.29. The van der Waals surface area contributed by atoms with Crippen LogP contribution in [0.25, 0.3) is 0 Å². The normalized spacial score (nSPS) is 12.2. The van der Waals surface area contributed by atoms with Crippen molar-refractivity contribution in [2.75, 3.05) is 7.11 Å². The van der Waals surface area contributed by atoms with Crippen LogP contribution in [0.3, 0.4) is 0 Å². The van der Waals surface area contributed by atoms with E-state index in [1.54, 1.807) is 13.2 Å². The van der Waals surface area contributed by atoms with E-state index in [2.05, 4.69) is 5.43 Å². The van der Waals surface area contributed by atoms with Gasteiger partial charge in [0.15, 0.2) is 0 Å². The van der Waals surface area contributed by atoms with E-state index in [4.69, 9.17) is 10.6 Å². The molecule has 18 heavy (non-hydrogen) atoms. The molecule has 2 aromatic carbocycles. The summed E-state index contributed by atoms with van der Waals surface area (Å²) >= 11 is 0. The molecule has 1 unspecified atom stereocenters. The van der Waals surface area contributed by atoms with Crippen LogP contribution in [-0.2, 0) is 0 Å². The number of para-hydroxylation sites is 1. The maximum atomic E-state index is 13.3. The summed E-state index contributed by atoms with van der Waals surface area (Å²) in [5.74, 6) is 6.01. The van der Waals surface area contributed by atoms with Crippen molar-refractivity contribution in [2.24, 2.45) is 5.84 Å². The van der Waals surface area contributed by atoms with E-state index in [1.807, 2.05) is 30.3 Å². The fourth-order valence-electron chi connectivity index (χ4n) is 1.96. The Kier molecular flexibility index (Phi) is 3.92. The number of methoxy groups -OCH3 is 1. The Bertz CT molecular complexity index is 531. The zero-order valence-electron chi connectivity index (χ0n) is 10.1. The molecule has 0 aliphatic rings. The molecule has 0 saturated heterocycles. The zero-order valence-corrected chi connectivity index (χ0v) is 10.1. The fourth-order valence-corrected chi connectivity index (χ4v) is 1.96. The smallest absolute Gasteiger partial charge is 0.124 e. The van der Waals surface area contributed by atoms with Crippen LogP contribution in [-0.4, -0.2) is 7.11 Å². The van der Waals surface area contributed by atoms with Gasteiger partial charge in [-0.05, 0) is 23.8 Å². The SMILES string of the molecule is COc1ccccc1C(NN)c1cccc(F)c1. The summed E-state index contributed by atoms with van der Waals surface area (Å²) in [6.45, 7) is 0. The summed E-state index contributed by atoms with van der Waals surface area (Å²) in [4.78, 5) is 0. The van der Waals surface area contributed by atoms with Gasteiger partial charge in [0.25, 0.3) is 0 Å². The Morgan fingerprint density at radius 3 is 2.61 bits per heavy atom. The number of hydrogen-bond acceptors (Lipinski definition) is 3. The molecule has 4 heteroatoms. The third kappa shape index (κ3) is 2.50. The molecule has 0 fully saturated rings. The lowest BCUT2D eigenvalue weighted by molar-refractivity contribution is 0.404. The predicted octanol–water partition coefficient (Wildman–Crippen LogP) is 2.39. The Morgan fingerprint density at radius 1 is 1.17 bits per heavy atom. The first-order chi connectivity index (χ1) is 8.76. The summed E-state index contributed by atoms with van der Waals surface area (Å²) in [7, 11) is 1.60. The molecular formula is C14H15FN2O. The second kappa shape index (κ2) is 5.62.